The first-order chi connectivity index (χ1) is 10.5. The van der Waals surface area contributed by atoms with Gasteiger partial charge in [0.05, 0.1) is 5.69 Å². The van der Waals surface area contributed by atoms with Crippen LogP contribution in [0.1, 0.15) is 10.6 Å². The van der Waals surface area contributed by atoms with Crippen molar-refractivity contribution in [2.45, 2.75) is 0 Å². The van der Waals surface area contributed by atoms with Crippen LogP contribution in [0.25, 0.3) is 17.1 Å². The first-order valence-electron chi connectivity index (χ1n) is 6.33. The zero-order chi connectivity index (χ0) is 15.7. The van der Waals surface area contributed by atoms with Crippen LogP contribution in [0, 0.1) is 0 Å². The molecule has 0 atom stereocenters. The zero-order valence-corrected chi connectivity index (χ0v) is 12.7. The smallest absolute Gasteiger partial charge is 0.288 e. The lowest BCUT2D eigenvalue weighted by molar-refractivity contribution is 0.0990. The predicted molar refractivity (Wildman–Crippen MR) is 85.3 cm³/mol. The van der Waals surface area contributed by atoms with Gasteiger partial charge >= 0.3 is 0 Å². The maximum Gasteiger partial charge on any atom is 0.288 e. The van der Waals surface area contributed by atoms with Crippen molar-refractivity contribution < 1.29 is 4.79 Å². The third-order valence-corrected chi connectivity index (χ3v) is 3.47. The van der Waals surface area contributed by atoms with Crippen molar-refractivity contribution >= 4 is 29.1 Å². The Hall–Kier alpha value is -2.37. The molecule has 0 spiro atoms. The third kappa shape index (κ3) is 2.81. The summed E-state index contributed by atoms with van der Waals surface area (Å²) in [5.41, 5.74) is 6.71. The Kier molecular flexibility index (Phi) is 3.83. The van der Waals surface area contributed by atoms with Crippen molar-refractivity contribution in [3.05, 3.63) is 64.4 Å². The Bertz CT molecular complexity index is 843. The van der Waals surface area contributed by atoms with Gasteiger partial charge in [-0.3, -0.25) is 4.79 Å². The molecule has 2 N–H and O–H groups in total. The summed E-state index contributed by atoms with van der Waals surface area (Å²) in [6, 6.07) is 14.1. The summed E-state index contributed by atoms with van der Waals surface area (Å²) in [7, 11) is 0. The Morgan fingerprint density at radius 1 is 1.05 bits per heavy atom. The van der Waals surface area contributed by atoms with Crippen molar-refractivity contribution in [2.75, 3.05) is 0 Å². The Balaban J connectivity index is 2.20. The number of rotatable bonds is 3. The van der Waals surface area contributed by atoms with Crippen LogP contribution in [0.15, 0.2) is 48.5 Å². The van der Waals surface area contributed by atoms with Crippen LogP contribution in [0.5, 0.6) is 0 Å². The Morgan fingerprint density at radius 3 is 2.41 bits per heavy atom. The van der Waals surface area contributed by atoms with Gasteiger partial charge in [-0.05, 0) is 36.4 Å². The number of aromatic nitrogens is 3. The van der Waals surface area contributed by atoms with Crippen molar-refractivity contribution in [3.63, 3.8) is 0 Å². The van der Waals surface area contributed by atoms with E-state index < -0.39 is 5.91 Å². The molecule has 110 valence electrons. The van der Waals surface area contributed by atoms with Crippen LogP contribution >= 0.6 is 23.2 Å². The molecule has 1 heterocycles. The average molecular weight is 333 g/mol. The molecule has 0 radical (unpaired) electrons. The van der Waals surface area contributed by atoms with E-state index in [-0.39, 0.29) is 5.82 Å². The molecule has 2 aromatic carbocycles. The number of nitrogens with two attached hydrogens (primary N) is 1. The second kappa shape index (κ2) is 5.79. The lowest BCUT2D eigenvalue weighted by Gasteiger charge is -2.06. The van der Waals surface area contributed by atoms with Crippen LogP contribution in [0.4, 0.5) is 0 Å². The fraction of sp³-hybridized carbons (Fsp3) is 0. The Labute approximate surface area is 136 Å². The number of hydrogen-bond donors (Lipinski definition) is 1. The fourth-order valence-electron chi connectivity index (χ4n) is 1.99. The lowest BCUT2D eigenvalue weighted by atomic mass is 10.2. The molecule has 7 heteroatoms. The molecule has 0 saturated carbocycles. The molecule has 3 rings (SSSR count). The molecule has 1 aromatic heterocycles. The summed E-state index contributed by atoms with van der Waals surface area (Å²) in [6.45, 7) is 0. The summed E-state index contributed by atoms with van der Waals surface area (Å²) in [5, 5.41) is 5.32. The molecule has 0 aliphatic carbocycles. The number of carbonyl (C=O) groups excluding carboxylic acids is 1. The van der Waals surface area contributed by atoms with Crippen molar-refractivity contribution in [3.8, 4) is 17.1 Å². The number of hydrogen-bond acceptors (Lipinski definition) is 3. The summed E-state index contributed by atoms with van der Waals surface area (Å²) in [5.74, 6) is -0.292. The molecule has 3 aromatic rings. The van der Waals surface area contributed by atoms with Gasteiger partial charge in [0.1, 0.15) is 0 Å². The van der Waals surface area contributed by atoms with Crippen molar-refractivity contribution in [1.29, 1.82) is 0 Å². The third-order valence-electron chi connectivity index (χ3n) is 2.98. The number of benzene rings is 2. The summed E-state index contributed by atoms with van der Waals surface area (Å²) in [6.07, 6.45) is 0. The van der Waals surface area contributed by atoms with Gasteiger partial charge in [-0.1, -0.05) is 35.3 Å². The molecular formula is C15H10Cl2N4O. The van der Waals surface area contributed by atoms with E-state index in [9.17, 15) is 4.79 Å². The van der Waals surface area contributed by atoms with Gasteiger partial charge in [0.2, 0.25) is 5.82 Å². The number of nitrogens with zero attached hydrogens (tertiary/aromatic N) is 3. The predicted octanol–water partition coefficient (Wildman–Crippen LogP) is 3.34. The van der Waals surface area contributed by atoms with Gasteiger partial charge in [-0.25, -0.2) is 9.67 Å². The largest absolute Gasteiger partial charge is 0.363 e. The molecule has 0 bridgehead atoms. The number of carbonyl (C=O) groups is 1. The lowest BCUT2D eigenvalue weighted by Crippen LogP contribution is -2.13. The highest BCUT2D eigenvalue weighted by Gasteiger charge is 2.16. The van der Waals surface area contributed by atoms with E-state index in [2.05, 4.69) is 10.1 Å². The second-order valence-electron chi connectivity index (χ2n) is 4.52. The maximum absolute atomic E-state index is 11.4. The first-order valence-corrected chi connectivity index (χ1v) is 7.09. The van der Waals surface area contributed by atoms with E-state index in [1.807, 2.05) is 6.07 Å². The molecule has 0 fully saturated rings. The Morgan fingerprint density at radius 2 is 1.77 bits per heavy atom. The molecular weight excluding hydrogens is 323 g/mol. The van der Waals surface area contributed by atoms with Crippen LogP contribution in [-0.2, 0) is 0 Å². The highest BCUT2D eigenvalue weighted by Crippen LogP contribution is 2.24. The molecule has 0 aliphatic heterocycles. The number of amides is 1. The molecule has 0 saturated heterocycles. The standard InChI is InChI=1S/C15H10Cl2N4O/c16-10-4-6-12(7-5-10)21-15(19-14(20-21)13(18)22)9-2-1-3-11(17)8-9/h1-8H,(H2,18,22). The summed E-state index contributed by atoms with van der Waals surface area (Å²) >= 11 is 11.9. The van der Waals surface area contributed by atoms with Gasteiger partial charge in [-0.2, -0.15) is 0 Å². The van der Waals surface area contributed by atoms with E-state index >= 15 is 0 Å². The van der Waals surface area contributed by atoms with Crippen LogP contribution in [-0.4, -0.2) is 20.7 Å². The van der Waals surface area contributed by atoms with Gasteiger partial charge < -0.3 is 5.73 Å². The SMILES string of the molecule is NC(=O)c1nc(-c2cccc(Cl)c2)n(-c2ccc(Cl)cc2)n1. The minimum Gasteiger partial charge on any atom is -0.363 e. The van der Waals surface area contributed by atoms with Gasteiger partial charge in [0.25, 0.3) is 5.91 Å². The molecule has 0 unspecified atom stereocenters. The van der Waals surface area contributed by atoms with Crippen LogP contribution in [0.3, 0.4) is 0 Å². The fourth-order valence-corrected chi connectivity index (χ4v) is 2.31. The molecule has 0 aliphatic rings. The number of primary amides is 1. The minimum atomic E-state index is -0.698. The number of halogens is 2. The highest BCUT2D eigenvalue weighted by atomic mass is 35.5. The van der Waals surface area contributed by atoms with Crippen molar-refractivity contribution in [2.24, 2.45) is 5.73 Å². The highest BCUT2D eigenvalue weighted by molar-refractivity contribution is 6.31. The van der Waals surface area contributed by atoms with E-state index in [4.69, 9.17) is 28.9 Å². The maximum atomic E-state index is 11.4. The van der Waals surface area contributed by atoms with Gasteiger partial charge in [0, 0.05) is 15.6 Å². The van der Waals surface area contributed by atoms with Crippen LogP contribution in [0.2, 0.25) is 10.0 Å². The molecule has 5 nitrogen and oxygen atoms in total. The van der Waals surface area contributed by atoms with E-state index in [0.717, 1.165) is 5.56 Å². The van der Waals surface area contributed by atoms with Crippen molar-refractivity contribution in [1.82, 2.24) is 14.8 Å². The quantitative estimate of drug-likeness (QED) is 0.799. The molecule has 22 heavy (non-hydrogen) atoms. The zero-order valence-electron chi connectivity index (χ0n) is 11.2. The van der Waals surface area contributed by atoms with Gasteiger partial charge in [0.15, 0.2) is 5.82 Å². The topological polar surface area (TPSA) is 73.8 Å². The first kappa shape index (κ1) is 14.6. The van der Waals surface area contributed by atoms with Gasteiger partial charge in [-0.15, -0.1) is 5.10 Å². The average Bonchev–Trinajstić information content (AvgIpc) is 2.93. The van der Waals surface area contributed by atoms with E-state index in [0.29, 0.717) is 21.6 Å². The minimum absolute atomic E-state index is 0.0649. The normalized spacial score (nSPS) is 10.6. The summed E-state index contributed by atoms with van der Waals surface area (Å²) < 4.78 is 1.53. The summed E-state index contributed by atoms with van der Waals surface area (Å²) in [4.78, 5) is 15.6. The van der Waals surface area contributed by atoms with Crippen LogP contribution < -0.4 is 5.73 Å². The molecule has 1 amide bonds. The van der Waals surface area contributed by atoms with E-state index in [1.54, 1.807) is 42.5 Å². The monoisotopic (exact) mass is 332 g/mol. The van der Waals surface area contributed by atoms with E-state index in [1.165, 1.54) is 4.68 Å². The second-order valence-corrected chi connectivity index (χ2v) is 5.39.